The molecule has 1 fully saturated rings. The molecule has 0 aliphatic carbocycles. The maximum absolute atomic E-state index is 12.4. The van der Waals surface area contributed by atoms with Crippen LogP contribution in [-0.2, 0) is 16.6 Å². The number of carbonyl (C=O) groups excluding carboxylic acids is 1. The summed E-state index contributed by atoms with van der Waals surface area (Å²) in [6.45, 7) is 4.19. The van der Waals surface area contributed by atoms with Gasteiger partial charge in [-0.2, -0.15) is 16.9 Å². The van der Waals surface area contributed by atoms with Gasteiger partial charge in [0.15, 0.2) is 12.4 Å². The topological polar surface area (TPSA) is 84.7 Å². The minimum absolute atomic E-state index is 0.0241. The number of aliphatic carboxylic acids is 1. The molecule has 2 heterocycles. The average Bonchev–Trinajstić information content (AvgIpc) is 2.70. The highest BCUT2D eigenvalue weighted by Gasteiger charge is 2.29. The maximum atomic E-state index is 12.4. The lowest BCUT2D eigenvalue weighted by atomic mass is 10.2. The second-order valence-corrected chi connectivity index (χ2v) is 6.48. The number of hydrogen-bond donors (Lipinski definition) is 1. The molecule has 22 heavy (non-hydrogen) atoms. The van der Waals surface area contributed by atoms with Crippen LogP contribution in [0.15, 0.2) is 0 Å². The molecule has 2 rings (SSSR count). The fraction of sp³-hybridized carbons (Fsp3) is 0.643. The Morgan fingerprint density at radius 2 is 2.18 bits per heavy atom. The van der Waals surface area contributed by atoms with Gasteiger partial charge < -0.3 is 14.7 Å². The Labute approximate surface area is 133 Å². The van der Waals surface area contributed by atoms with Crippen molar-refractivity contribution in [2.24, 2.45) is 7.05 Å². The first-order chi connectivity index (χ1) is 10.4. The predicted molar refractivity (Wildman–Crippen MR) is 83.3 cm³/mol. The zero-order valence-electron chi connectivity index (χ0n) is 13.0. The van der Waals surface area contributed by atoms with Gasteiger partial charge in [0.25, 0.3) is 5.91 Å². The summed E-state index contributed by atoms with van der Waals surface area (Å²) >= 11 is 1.68. The Kier molecular flexibility index (Phi) is 5.33. The van der Waals surface area contributed by atoms with Crippen LogP contribution in [0, 0.1) is 13.8 Å². The summed E-state index contributed by atoms with van der Waals surface area (Å²) in [6.07, 6.45) is -0.0241. The van der Waals surface area contributed by atoms with Gasteiger partial charge in [-0.3, -0.25) is 14.3 Å². The minimum atomic E-state index is -0.884. The number of thioether (sulfide) groups is 1. The summed E-state index contributed by atoms with van der Waals surface area (Å²) in [5.41, 5.74) is 1.60. The Balaban J connectivity index is 1.99. The summed E-state index contributed by atoms with van der Waals surface area (Å²) in [5, 5.41) is 13.2. The van der Waals surface area contributed by atoms with Crippen LogP contribution in [0.1, 0.15) is 17.8 Å². The fourth-order valence-electron chi connectivity index (χ4n) is 2.53. The third kappa shape index (κ3) is 3.73. The fourth-order valence-corrected chi connectivity index (χ4v) is 3.60. The number of aryl methyl sites for hydroxylation is 2. The second-order valence-electron chi connectivity index (χ2n) is 5.33. The zero-order valence-corrected chi connectivity index (χ0v) is 13.9. The molecule has 1 unspecified atom stereocenters. The molecule has 1 amide bonds. The molecule has 7 nitrogen and oxygen atoms in total. The molecule has 1 aliphatic heterocycles. The van der Waals surface area contributed by atoms with E-state index in [1.165, 1.54) is 0 Å². The van der Waals surface area contributed by atoms with E-state index in [0.717, 1.165) is 17.1 Å². The van der Waals surface area contributed by atoms with Gasteiger partial charge in [-0.15, -0.1) is 0 Å². The molecule has 0 spiro atoms. The average molecular weight is 327 g/mol. The van der Waals surface area contributed by atoms with E-state index in [9.17, 15) is 9.59 Å². The smallest absolute Gasteiger partial charge is 0.305 e. The van der Waals surface area contributed by atoms with E-state index in [0.29, 0.717) is 18.0 Å². The molecular formula is C14H21N3O4S. The highest BCUT2D eigenvalue weighted by atomic mass is 32.2. The van der Waals surface area contributed by atoms with Crippen molar-refractivity contribution in [2.45, 2.75) is 26.3 Å². The van der Waals surface area contributed by atoms with Gasteiger partial charge in [0, 0.05) is 25.1 Å². The Bertz CT molecular complexity index is 573. The lowest BCUT2D eigenvalue weighted by Crippen LogP contribution is -2.48. The summed E-state index contributed by atoms with van der Waals surface area (Å²) in [5.74, 6) is 1.05. The van der Waals surface area contributed by atoms with E-state index in [-0.39, 0.29) is 25.0 Å². The van der Waals surface area contributed by atoms with Crippen LogP contribution in [-0.4, -0.2) is 62.4 Å². The standard InChI is InChI=1S/C14H21N3O4S/c1-9-14(10(2)16(3)15-9)21-7-12(18)17-4-5-22-8-11(17)6-13(19)20/h11H,4-8H2,1-3H3,(H,19,20). The lowest BCUT2D eigenvalue weighted by molar-refractivity contribution is -0.141. The lowest BCUT2D eigenvalue weighted by Gasteiger charge is -2.34. The van der Waals surface area contributed by atoms with Crippen molar-refractivity contribution in [3.05, 3.63) is 11.4 Å². The number of hydrogen-bond acceptors (Lipinski definition) is 5. The minimum Gasteiger partial charge on any atom is -0.481 e. The van der Waals surface area contributed by atoms with Crippen molar-refractivity contribution in [1.82, 2.24) is 14.7 Å². The summed E-state index contributed by atoms with van der Waals surface area (Å²) in [4.78, 5) is 24.9. The Hall–Kier alpha value is -1.70. The molecule has 0 aromatic carbocycles. The van der Waals surface area contributed by atoms with Crippen LogP contribution in [0.25, 0.3) is 0 Å². The first kappa shape index (κ1) is 16.7. The molecule has 0 bridgehead atoms. The van der Waals surface area contributed by atoms with Crippen molar-refractivity contribution in [2.75, 3.05) is 24.7 Å². The highest BCUT2D eigenvalue weighted by Crippen LogP contribution is 2.23. The maximum Gasteiger partial charge on any atom is 0.305 e. The normalized spacial score (nSPS) is 18.3. The van der Waals surface area contributed by atoms with Crippen LogP contribution in [0.2, 0.25) is 0 Å². The molecule has 1 atom stereocenters. The molecule has 0 radical (unpaired) electrons. The van der Waals surface area contributed by atoms with Gasteiger partial charge in [0.2, 0.25) is 0 Å². The van der Waals surface area contributed by atoms with Crippen LogP contribution in [0.4, 0.5) is 0 Å². The number of aromatic nitrogens is 2. The molecule has 1 saturated heterocycles. The van der Waals surface area contributed by atoms with Gasteiger partial charge in [-0.05, 0) is 13.8 Å². The monoisotopic (exact) mass is 327 g/mol. The van der Waals surface area contributed by atoms with E-state index in [2.05, 4.69) is 5.10 Å². The number of carboxylic acid groups (broad SMARTS) is 1. The molecule has 1 N–H and O–H groups in total. The van der Waals surface area contributed by atoms with Crippen LogP contribution in [0.5, 0.6) is 5.75 Å². The number of amides is 1. The zero-order chi connectivity index (χ0) is 16.3. The van der Waals surface area contributed by atoms with Crippen molar-refractivity contribution in [1.29, 1.82) is 0 Å². The van der Waals surface area contributed by atoms with Gasteiger partial charge in [-0.25, -0.2) is 0 Å². The molecule has 122 valence electrons. The van der Waals surface area contributed by atoms with Crippen molar-refractivity contribution in [3.8, 4) is 5.75 Å². The van der Waals surface area contributed by atoms with Crippen LogP contribution >= 0.6 is 11.8 Å². The van der Waals surface area contributed by atoms with E-state index in [1.54, 1.807) is 21.3 Å². The molecule has 1 aromatic rings. The van der Waals surface area contributed by atoms with Crippen molar-refractivity contribution >= 4 is 23.6 Å². The first-order valence-corrected chi connectivity index (χ1v) is 8.27. The Morgan fingerprint density at radius 1 is 1.45 bits per heavy atom. The van der Waals surface area contributed by atoms with Crippen LogP contribution < -0.4 is 4.74 Å². The van der Waals surface area contributed by atoms with Gasteiger partial charge >= 0.3 is 5.97 Å². The number of carbonyl (C=O) groups is 2. The molecule has 1 aliphatic rings. The quantitative estimate of drug-likeness (QED) is 0.862. The molecule has 8 heteroatoms. The van der Waals surface area contributed by atoms with E-state index in [1.807, 2.05) is 20.9 Å². The molecular weight excluding hydrogens is 306 g/mol. The summed E-state index contributed by atoms with van der Waals surface area (Å²) in [6, 6.07) is -0.261. The third-order valence-corrected chi connectivity index (χ3v) is 4.83. The Morgan fingerprint density at radius 3 is 2.77 bits per heavy atom. The third-order valence-electron chi connectivity index (χ3n) is 3.74. The van der Waals surface area contributed by atoms with E-state index in [4.69, 9.17) is 9.84 Å². The molecule has 1 aromatic heterocycles. The molecule has 0 saturated carbocycles. The predicted octanol–water partition coefficient (Wildman–Crippen LogP) is 0.834. The van der Waals surface area contributed by atoms with Gasteiger partial charge in [0.1, 0.15) is 5.69 Å². The second kappa shape index (κ2) is 7.04. The number of nitrogens with zero attached hydrogens (tertiary/aromatic N) is 3. The summed E-state index contributed by atoms with van der Waals surface area (Å²) < 4.78 is 7.34. The van der Waals surface area contributed by atoms with E-state index < -0.39 is 5.97 Å². The highest BCUT2D eigenvalue weighted by molar-refractivity contribution is 7.99. The van der Waals surface area contributed by atoms with Crippen molar-refractivity contribution < 1.29 is 19.4 Å². The number of ether oxygens (including phenoxy) is 1. The largest absolute Gasteiger partial charge is 0.481 e. The van der Waals surface area contributed by atoms with Crippen LogP contribution in [0.3, 0.4) is 0 Å². The van der Waals surface area contributed by atoms with Crippen molar-refractivity contribution in [3.63, 3.8) is 0 Å². The number of carboxylic acids is 1. The number of rotatable bonds is 5. The van der Waals surface area contributed by atoms with Gasteiger partial charge in [-0.1, -0.05) is 0 Å². The summed E-state index contributed by atoms with van der Waals surface area (Å²) in [7, 11) is 1.82. The van der Waals surface area contributed by atoms with E-state index >= 15 is 0 Å². The van der Waals surface area contributed by atoms with Gasteiger partial charge in [0.05, 0.1) is 18.2 Å². The SMILES string of the molecule is Cc1nn(C)c(C)c1OCC(=O)N1CCSCC1CC(=O)O. The first-order valence-electron chi connectivity index (χ1n) is 7.12.